The van der Waals surface area contributed by atoms with E-state index in [1.165, 1.54) is 30.5 Å². The average molecular weight is 518 g/mol. The molecule has 3 rings (SSSR count). The molecule has 0 radical (unpaired) electrons. The third kappa shape index (κ3) is 6.67. The number of pyridine rings is 1. The van der Waals surface area contributed by atoms with Crippen LogP contribution in [0.5, 0.6) is 0 Å². The Morgan fingerprint density at radius 1 is 1.09 bits per heavy atom. The van der Waals surface area contributed by atoms with Gasteiger partial charge in [-0.05, 0) is 43.4 Å². The van der Waals surface area contributed by atoms with Crippen molar-refractivity contribution < 1.29 is 17.2 Å². The van der Waals surface area contributed by atoms with Gasteiger partial charge >= 0.3 is 0 Å². The van der Waals surface area contributed by atoms with E-state index in [0.717, 1.165) is 12.1 Å². The van der Waals surface area contributed by atoms with Crippen molar-refractivity contribution in [2.45, 2.75) is 4.90 Å². The number of likely N-dealkylation sites (N-methyl/N-ethyl adjacent to an activating group) is 2. The van der Waals surface area contributed by atoms with E-state index >= 15 is 0 Å². The average Bonchev–Trinajstić information content (AvgIpc) is 2.75. The lowest BCUT2D eigenvalue weighted by atomic mass is 10.2. The summed E-state index contributed by atoms with van der Waals surface area (Å²) in [6, 6.07) is 10.8. The van der Waals surface area contributed by atoms with E-state index in [-0.39, 0.29) is 28.9 Å². The predicted molar refractivity (Wildman–Crippen MR) is 131 cm³/mol. The number of anilines is 4. The molecule has 0 aliphatic carbocycles. The second-order valence-corrected chi connectivity index (χ2v) is 8.95. The molecule has 3 aromatic rings. The number of halogens is 4. The fourth-order valence-corrected chi connectivity index (χ4v) is 4.29. The van der Waals surface area contributed by atoms with Crippen molar-refractivity contribution >= 4 is 56.9 Å². The highest BCUT2D eigenvalue weighted by molar-refractivity contribution is 7.92. The molecule has 12 heteroatoms. The molecule has 0 spiro atoms. The number of aromatic nitrogens is 1. The summed E-state index contributed by atoms with van der Waals surface area (Å²) in [4.78, 5) is 5.07. The van der Waals surface area contributed by atoms with Gasteiger partial charge in [-0.2, -0.15) is 0 Å². The van der Waals surface area contributed by atoms with Crippen LogP contribution in [0.1, 0.15) is 0 Å². The summed E-state index contributed by atoms with van der Waals surface area (Å²) in [6.45, 7) is 1.25. The van der Waals surface area contributed by atoms with Crippen LogP contribution >= 0.6 is 24.0 Å². The van der Waals surface area contributed by atoms with Crippen molar-refractivity contribution in [2.24, 2.45) is 0 Å². The molecule has 2 aromatic carbocycles. The molecular weight excluding hydrogens is 495 g/mol. The number of benzene rings is 2. The maximum Gasteiger partial charge on any atom is 0.266 e. The molecule has 0 saturated carbocycles. The van der Waals surface area contributed by atoms with Crippen LogP contribution in [0.2, 0.25) is 5.02 Å². The van der Waals surface area contributed by atoms with Gasteiger partial charge in [-0.25, -0.2) is 22.2 Å². The number of nitrogens with one attached hydrogen (secondary N) is 3. The van der Waals surface area contributed by atoms with Crippen LogP contribution in [0.4, 0.5) is 31.7 Å². The first-order chi connectivity index (χ1) is 15.2. The first-order valence-electron chi connectivity index (χ1n) is 9.56. The molecular formula is C21H23Cl2F2N5O2S. The van der Waals surface area contributed by atoms with Gasteiger partial charge in [0.25, 0.3) is 10.0 Å². The molecule has 0 aliphatic heterocycles. The van der Waals surface area contributed by atoms with Gasteiger partial charge in [0.05, 0.1) is 22.1 Å². The molecule has 7 nitrogen and oxygen atoms in total. The molecule has 0 amide bonds. The number of sulfonamides is 1. The van der Waals surface area contributed by atoms with E-state index in [2.05, 4.69) is 20.3 Å². The Morgan fingerprint density at radius 3 is 2.52 bits per heavy atom. The van der Waals surface area contributed by atoms with Crippen LogP contribution < -0.4 is 20.3 Å². The number of rotatable bonds is 9. The third-order valence-corrected chi connectivity index (χ3v) is 6.23. The quantitative estimate of drug-likeness (QED) is 0.383. The lowest BCUT2D eigenvalue weighted by Gasteiger charge is -2.23. The minimum atomic E-state index is -4.26. The lowest BCUT2D eigenvalue weighted by Crippen LogP contribution is -2.27. The Hall–Kier alpha value is -2.66. The molecule has 0 bridgehead atoms. The highest BCUT2D eigenvalue weighted by atomic mass is 35.5. The van der Waals surface area contributed by atoms with Crippen molar-refractivity contribution in [3.05, 3.63) is 71.4 Å². The fourth-order valence-electron chi connectivity index (χ4n) is 2.92. The van der Waals surface area contributed by atoms with Crippen molar-refractivity contribution in [3.8, 4) is 0 Å². The van der Waals surface area contributed by atoms with E-state index in [0.29, 0.717) is 24.5 Å². The summed E-state index contributed by atoms with van der Waals surface area (Å²) in [5.41, 5.74) is 1.15. The minimum absolute atomic E-state index is 0. The summed E-state index contributed by atoms with van der Waals surface area (Å²) in [5, 5.41) is 5.95. The zero-order valence-corrected chi connectivity index (χ0v) is 20.2. The first-order valence-corrected chi connectivity index (χ1v) is 11.4. The fraction of sp³-hybridized carbons (Fsp3) is 0.190. The number of hydrogen-bond donors (Lipinski definition) is 3. The van der Waals surface area contributed by atoms with E-state index in [4.69, 9.17) is 11.6 Å². The molecule has 178 valence electrons. The predicted octanol–water partition coefficient (Wildman–Crippen LogP) is 4.64. The highest BCUT2D eigenvalue weighted by Crippen LogP contribution is 2.34. The van der Waals surface area contributed by atoms with Crippen LogP contribution in [0.25, 0.3) is 0 Å². The second-order valence-electron chi connectivity index (χ2n) is 6.89. The van der Waals surface area contributed by atoms with E-state index in [1.807, 2.05) is 4.90 Å². The van der Waals surface area contributed by atoms with Crippen molar-refractivity contribution in [2.75, 3.05) is 42.1 Å². The summed E-state index contributed by atoms with van der Waals surface area (Å²) in [7, 11) is -0.663. The van der Waals surface area contributed by atoms with Crippen LogP contribution in [0, 0.1) is 11.6 Å². The van der Waals surface area contributed by atoms with Crippen LogP contribution in [0.15, 0.2) is 59.6 Å². The van der Waals surface area contributed by atoms with Crippen molar-refractivity contribution in [1.29, 1.82) is 0 Å². The molecule has 1 aromatic heterocycles. The van der Waals surface area contributed by atoms with Crippen LogP contribution in [-0.4, -0.2) is 40.6 Å². The van der Waals surface area contributed by atoms with Gasteiger partial charge in [0, 0.05) is 32.4 Å². The maximum absolute atomic E-state index is 14.8. The highest BCUT2D eigenvalue weighted by Gasteiger charge is 2.22. The van der Waals surface area contributed by atoms with Gasteiger partial charge < -0.3 is 15.5 Å². The van der Waals surface area contributed by atoms with Gasteiger partial charge in [-0.15, -0.1) is 12.4 Å². The molecule has 0 saturated heterocycles. The lowest BCUT2D eigenvalue weighted by molar-refractivity contribution is 0.570. The molecule has 0 unspecified atom stereocenters. The van der Waals surface area contributed by atoms with E-state index < -0.39 is 26.6 Å². The van der Waals surface area contributed by atoms with Gasteiger partial charge in [0.2, 0.25) is 0 Å². The zero-order valence-electron chi connectivity index (χ0n) is 17.8. The molecule has 3 N–H and O–H groups in total. The second kappa shape index (κ2) is 11.5. The largest absolute Gasteiger partial charge is 0.372 e. The van der Waals surface area contributed by atoms with Gasteiger partial charge in [-0.1, -0.05) is 17.7 Å². The van der Waals surface area contributed by atoms with Crippen molar-refractivity contribution in [3.63, 3.8) is 0 Å². The zero-order chi connectivity index (χ0) is 23.3. The Balaban J connectivity index is 0.00000385. The summed E-state index contributed by atoms with van der Waals surface area (Å²) in [5.74, 6) is -1.39. The summed E-state index contributed by atoms with van der Waals surface area (Å²) < 4.78 is 56.1. The Morgan fingerprint density at radius 2 is 1.85 bits per heavy atom. The number of nitrogens with zero attached hydrogens (tertiary/aromatic N) is 2. The van der Waals surface area contributed by atoms with Crippen LogP contribution in [-0.2, 0) is 10.0 Å². The number of hydrogen-bond acceptors (Lipinski definition) is 6. The Kier molecular flexibility index (Phi) is 9.24. The molecule has 1 heterocycles. The summed E-state index contributed by atoms with van der Waals surface area (Å²) >= 11 is 6.27. The Bertz CT molecular complexity index is 1200. The SMILES string of the molecule is CNCCN(C)c1cc(F)ccc1Nc1cc(F)c(S(=O)(=O)Nc2ccccn2)cc1Cl.Cl. The van der Waals surface area contributed by atoms with Gasteiger partial charge in [-0.3, -0.25) is 4.72 Å². The monoisotopic (exact) mass is 517 g/mol. The molecule has 0 fully saturated rings. The molecule has 0 atom stereocenters. The first kappa shape index (κ1) is 26.6. The summed E-state index contributed by atoms with van der Waals surface area (Å²) in [6.07, 6.45) is 1.40. The van der Waals surface area contributed by atoms with Gasteiger partial charge in [0.15, 0.2) is 0 Å². The third-order valence-electron chi connectivity index (χ3n) is 4.55. The van der Waals surface area contributed by atoms with E-state index in [9.17, 15) is 17.2 Å². The smallest absolute Gasteiger partial charge is 0.266 e. The minimum Gasteiger partial charge on any atom is -0.372 e. The van der Waals surface area contributed by atoms with E-state index in [1.54, 1.807) is 26.2 Å². The Labute approximate surface area is 202 Å². The molecule has 0 aliphatic rings. The topological polar surface area (TPSA) is 86.4 Å². The maximum atomic E-state index is 14.8. The normalized spacial score (nSPS) is 10.9. The molecule has 33 heavy (non-hydrogen) atoms. The standard InChI is InChI=1S/C21H22ClF2N5O2S.ClH/c1-25-9-10-29(2)19-11-14(23)6-7-17(19)27-18-13-16(24)20(12-15(18)22)32(30,31)28-21-5-3-4-8-26-21;/h3-8,11-13,25,27H,9-10H2,1-2H3,(H,26,28);1H. The van der Waals surface area contributed by atoms with Crippen molar-refractivity contribution in [1.82, 2.24) is 10.3 Å². The van der Waals surface area contributed by atoms with Gasteiger partial charge in [0.1, 0.15) is 22.3 Å². The van der Waals surface area contributed by atoms with Crippen LogP contribution in [0.3, 0.4) is 0 Å².